The van der Waals surface area contributed by atoms with Crippen molar-refractivity contribution >= 4 is 22.9 Å². The van der Waals surface area contributed by atoms with Crippen LogP contribution in [0.3, 0.4) is 0 Å². The third kappa shape index (κ3) is 2.42. The average Bonchev–Trinajstić information content (AvgIpc) is 2.62. The van der Waals surface area contributed by atoms with Crippen molar-refractivity contribution < 1.29 is 15.3 Å². The summed E-state index contributed by atoms with van der Waals surface area (Å²) in [6.45, 7) is -0.126. The van der Waals surface area contributed by atoms with Crippen LogP contribution < -0.4 is 0 Å². The van der Waals surface area contributed by atoms with Crippen molar-refractivity contribution in [2.75, 3.05) is 5.88 Å². The molecule has 1 aromatic heterocycles. The van der Waals surface area contributed by atoms with Gasteiger partial charge in [-0.1, -0.05) is 0 Å². The molecule has 0 aromatic carbocycles. The van der Waals surface area contributed by atoms with E-state index in [-0.39, 0.29) is 12.5 Å². The Balaban J connectivity index is 2.81. The lowest BCUT2D eigenvalue weighted by molar-refractivity contribution is 0.0319. The molecule has 0 amide bonds. The van der Waals surface area contributed by atoms with Gasteiger partial charge < -0.3 is 15.3 Å². The molecule has 13 heavy (non-hydrogen) atoms. The van der Waals surface area contributed by atoms with Crippen LogP contribution in [0.5, 0.6) is 0 Å². The first-order valence-electron chi connectivity index (χ1n) is 3.80. The van der Waals surface area contributed by atoms with E-state index in [2.05, 4.69) is 0 Å². The summed E-state index contributed by atoms with van der Waals surface area (Å²) in [6, 6.07) is 1.68. The second-order valence-corrected chi connectivity index (χ2v) is 3.93. The Morgan fingerprint density at radius 2 is 2.15 bits per heavy atom. The Labute approximate surface area is 85.2 Å². The first-order valence-corrected chi connectivity index (χ1v) is 5.21. The zero-order valence-electron chi connectivity index (χ0n) is 6.85. The molecule has 1 rings (SSSR count). The van der Waals surface area contributed by atoms with Gasteiger partial charge in [-0.25, -0.2) is 0 Å². The molecule has 0 bridgehead atoms. The van der Waals surface area contributed by atoms with E-state index < -0.39 is 12.2 Å². The SMILES string of the molecule is OCc1sccc1C(O)C(O)CCl. The predicted octanol–water partition coefficient (Wildman–Crippen LogP) is 0.873. The smallest absolute Gasteiger partial charge is 0.107 e. The number of halogens is 1. The van der Waals surface area contributed by atoms with E-state index in [9.17, 15) is 10.2 Å². The molecule has 0 fully saturated rings. The van der Waals surface area contributed by atoms with Crippen molar-refractivity contribution in [3.63, 3.8) is 0 Å². The highest BCUT2D eigenvalue weighted by Gasteiger charge is 2.20. The molecule has 3 nitrogen and oxygen atoms in total. The summed E-state index contributed by atoms with van der Waals surface area (Å²) < 4.78 is 0. The quantitative estimate of drug-likeness (QED) is 0.663. The molecular weight excluding hydrogens is 212 g/mol. The van der Waals surface area contributed by atoms with Gasteiger partial charge in [0.25, 0.3) is 0 Å². The summed E-state index contributed by atoms with van der Waals surface area (Å²) in [6.07, 6.45) is -1.99. The maximum Gasteiger partial charge on any atom is 0.107 e. The molecular formula is C8H11ClO3S. The normalized spacial score (nSPS) is 15.7. The molecule has 0 saturated carbocycles. The van der Waals surface area contributed by atoms with Crippen LogP contribution in [0.1, 0.15) is 16.5 Å². The van der Waals surface area contributed by atoms with E-state index in [1.165, 1.54) is 11.3 Å². The molecule has 0 aliphatic rings. The minimum atomic E-state index is -1.01. The highest BCUT2D eigenvalue weighted by molar-refractivity contribution is 7.10. The average molecular weight is 223 g/mol. The van der Waals surface area contributed by atoms with Gasteiger partial charge >= 0.3 is 0 Å². The van der Waals surface area contributed by atoms with E-state index in [4.69, 9.17) is 16.7 Å². The highest BCUT2D eigenvalue weighted by Crippen LogP contribution is 2.26. The molecule has 0 aliphatic heterocycles. The van der Waals surface area contributed by atoms with Gasteiger partial charge in [0.15, 0.2) is 0 Å². The van der Waals surface area contributed by atoms with Crippen LogP contribution in [0.2, 0.25) is 0 Å². The van der Waals surface area contributed by atoms with Gasteiger partial charge in [-0.15, -0.1) is 22.9 Å². The van der Waals surface area contributed by atoms with Crippen molar-refractivity contribution in [3.8, 4) is 0 Å². The summed E-state index contributed by atoms with van der Waals surface area (Å²) in [5.41, 5.74) is 0.556. The maximum atomic E-state index is 9.55. The summed E-state index contributed by atoms with van der Waals surface area (Å²) in [5.74, 6) is -0.0259. The number of aliphatic hydroxyl groups excluding tert-OH is 3. The second kappa shape index (κ2) is 4.93. The van der Waals surface area contributed by atoms with Crippen LogP contribution in [-0.2, 0) is 6.61 Å². The van der Waals surface area contributed by atoms with Gasteiger partial charge in [-0.2, -0.15) is 0 Å². The van der Waals surface area contributed by atoms with Crippen molar-refractivity contribution in [2.24, 2.45) is 0 Å². The van der Waals surface area contributed by atoms with Crippen molar-refractivity contribution in [2.45, 2.75) is 18.8 Å². The molecule has 3 N–H and O–H groups in total. The van der Waals surface area contributed by atoms with Gasteiger partial charge in [0.05, 0.1) is 18.6 Å². The van der Waals surface area contributed by atoms with Crippen LogP contribution in [0.15, 0.2) is 11.4 Å². The lowest BCUT2D eigenvalue weighted by atomic mass is 10.1. The first kappa shape index (κ1) is 10.9. The van der Waals surface area contributed by atoms with E-state index in [0.717, 1.165) is 0 Å². The monoisotopic (exact) mass is 222 g/mol. The van der Waals surface area contributed by atoms with Crippen LogP contribution in [0.4, 0.5) is 0 Å². The molecule has 1 heterocycles. The largest absolute Gasteiger partial charge is 0.391 e. The lowest BCUT2D eigenvalue weighted by Gasteiger charge is -2.15. The number of alkyl halides is 1. The molecule has 0 radical (unpaired) electrons. The Bertz CT molecular complexity index is 264. The van der Waals surface area contributed by atoms with Crippen LogP contribution in [0, 0.1) is 0 Å². The molecule has 0 spiro atoms. The summed E-state index contributed by atoms with van der Waals surface area (Å²) in [5, 5.41) is 29.5. The molecule has 2 atom stereocenters. The number of hydrogen-bond acceptors (Lipinski definition) is 4. The maximum absolute atomic E-state index is 9.55. The fraction of sp³-hybridized carbons (Fsp3) is 0.500. The van der Waals surface area contributed by atoms with Crippen molar-refractivity contribution in [1.29, 1.82) is 0 Å². The van der Waals surface area contributed by atoms with Gasteiger partial charge in [-0.05, 0) is 17.0 Å². The molecule has 0 saturated heterocycles. The Hall–Kier alpha value is -0.130. The van der Waals surface area contributed by atoms with Gasteiger partial charge in [0.1, 0.15) is 6.10 Å². The summed E-state index contributed by atoms with van der Waals surface area (Å²) in [7, 11) is 0. The Morgan fingerprint density at radius 1 is 1.46 bits per heavy atom. The van der Waals surface area contributed by atoms with E-state index in [1.54, 1.807) is 11.4 Å². The molecule has 0 aliphatic carbocycles. The zero-order chi connectivity index (χ0) is 9.84. The predicted molar refractivity (Wildman–Crippen MR) is 51.9 cm³/mol. The second-order valence-electron chi connectivity index (χ2n) is 2.62. The van der Waals surface area contributed by atoms with Gasteiger partial charge in [0, 0.05) is 4.88 Å². The lowest BCUT2D eigenvalue weighted by Crippen LogP contribution is -2.20. The van der Waals surface area contributed by atoms with Crippen LogP contribution in [0.25, 0.3) is 0 Å². The fourth-order valence-electron chi connectivity index (χ4n) is 1.03. The molecule has 5 heteroatoms. The van der Waals surface area contributed by atoms with Gasteiger partial charge in [0.2, 0.25) is 0 Å². The van der Waals surface area contributed by atoms with Crippen molar-refractivity contribution in [3.05, 3.63) is 21.9 Å². The minimum absolute atomic E-state index is 0.0259. The zero-order valence-corrected chi connectivity index (χ0v) is 8.42. The Kier molecular flexibility index (Phi) is 4.15. The number of aliphatic hydroxyl groups is 3. The summed E-state index contributed by atoms with van der Waals surface area (Å²) in [4.78, 5) is 0.664. The number of thiophene rings is 1. The Morgan fingerprint density at radius 3 is 2.69 bits per heavy atom. The topological polar surface area (TPSA) is 60.7 Å². The highest BCUT2D eigenvalue weighted by atomic mass is 35.5. The fourth-order valence-corrected chi connectivity index (χ4v) is 1.98. The third-order valence-electron chi connectivity index (χ3n) is 1.76. The molecule has 1 aromatic rings. The van der Waals surface area contributed by atoms with E-state index in [0.29, 0.717) is 10.4 Å². The third-order valence-corrected chi connectivity index (χ3v) is 3.00. The number of rotatable bonds is 4. The first-order chi connectivity index (χ1) is 6.20. The van der Waals surface area contributed by atoms with Crippen LogP contribution >= 0.6 is 22.9 Å². The molecule has 74 valence electrons. The van der Waals surface area contributed by atoms with Crippen LogP contribution in [-0.4, -0.2) is 27.3 Å². The summed E-state index contributed by atoms with van der Waals surface area (Å²) >= 11 is 6.73. The molecule has 2 unspecified atom stereocenters. The van der Waals surface area contributed by atoms with E-state index in [1.807, 2.05) is 0 Å². The number of hydrogen-bond donors (Lipinski definition) is 3. The standard InChI is InChI=1S/C8H11ClO3S/c9-3-6(11)8(12)5-1-2-13-7(5)4-10/h1-2,6,8,10-12H,3-4H2. The van der Waals surface area contributed by atoms with Gasteiger partial charge in [-0.3, -0.25) is 0 Å². The minimum Gasteiger partial charge on any atom is -0.391 e. The van der Waals surface area contributed by atoms with Crippen molar-refractivity contribution in [1.82, 2.24) is 0 Å². The van der Waals surface area contributed by atoms with E-state index >= 15 is 0 Å².